The van der Waals surface area contributed by atoms with Gasteiger partial charge in [0.1, 0.15) is 0 Å². The topological polar surface area (TPSA) is 70.7 Å². The summed E-state index contributed by atoms with van der Waals surface area (Å²) in [5.74, 6) is -0.0187. The number of H-pyrrole nitrogens is 1. The maximum absolute atomic E-state index is 12.5. The second-order valence-electron chi connectivity index (χ2n) is 5.75. The van der Waals surface area contributed by atoms with Crippen molar-refractivity contribution in [3.63, 3.8) is 0 Å². The fraction of sp³-hybridized carbons (Fsp3) is 0.278. The Bertz CT molecular complexity index is 776. The van der Waals surface area contributed by atoms with E-state index in [4.69, 9.17) is 0 Å². The third kappa shape index (κ3) is 3.89. The lowest BCUT2D eigenvalue weighted by Crippen LogP contribution is -2.31. The number of aromatic amines is 1. The van der Waals surface area contributed by atoms with Gasteiger partial charge in [-0.3, -0.25) is 14.9 Å². The monoisotopic (exact) mass is 340 g/mol. The summed E-state index contributed by atoms with van der Waals surface area (Å²) in [4.78, 5) is 18.2. The Balaban J connectivity index is 1.75. The summed E-state index contributed by atoms with van der Waals surface area (Å²) in [5, 5.41) is 12.2. The van der Waals surface area contributed by atoms with Gasteiger partial charge in [-0.1, -0.05) is 12.1 Å². The normalized spacial score (nSPS) is 12.1. The molecule has 0 aliphatic heterocycles. The maximum Gasteiger partial charge on any atom is 0.225 e. The van der Waals surface area contributed by atoms with Gasteiger partial charge in [0.2, 0.25) is 5.91 Å². The van der Waals surface area contributed by atoms with Crippen LogP contribution in [0.4, 0.5) is 0 Å². The highest BCUT2D eigenvalue weighted by molar-refractivity contribution is 7.09. The first-order chi connectivity index (χ1) is 11.6. The average Bonchev–Trinajstić information content (AvgIpc) is 3.20. The van der Waals surface area contributed by atoms with Gasteiger partial charge in [0.25, 0.3) is 0 Å². The first kappa shape index (κ1) is 16.4. The molecule has 6 heteroatoms. The molecule has 124 valence electrons. The molecule has 24 heavy (non-hydrogen) atoms. The van der Waals surface area contributed by atoms with Gasteiger partial charge in [0.15, 0.2) is 0 Å². The van der Waals surface area contributed by atoms with E-state index < -0.39 is 0 Å². The van der Waals surface area contributed by atoms with Crippen LogP contribution in [0.15, 0.2) is 41.9 Å². The first-order valence-electron chi connectivity index (χ1n) is 7.86. The first-order valence-corrected chi connectivity index (χ1v) is 8.74. The van der Waals surface area contributed by atoms with E-state index in [-0.39, 0.29) is 11.9 Å². The van der Waals surface area contributed by atoms with Gasteiger partial charge in [-0.05, 0) is 37.4 Å². The fourth-order valence-electron chi connectivity index (χ4n) is 2.68. The Morgan fingerprint density at radius 2 is 2.17 bits per heavy atom. The number of nitrogens with zero attached hydrogens (tertiary/aromatic N) is 2. The molecule has 3 rings (SSSR count). The Labute approximate surface area is 145 Å². The Morgan fingerprint density at radius 1 is 1.29 bits per heavy atom. The van der Waals surface area contributed by atoms with Crippen molar-refractivity contribution in [1.82, 2.24) is 20.5 Å². The minimum Gasteiger partial charge on any atom is -0.347 e. The molecule has 3 aromatic rings. The number of hydrogen-bond donors (Lipinski definition) is 2. The lowest BCUT2D eigenvalue weighted by molar-refractivity contribution is -0.121. The summed E-state index contributed by atoms with van der Waals surface area (Å²) in [5.41, 5.74) is 3.65. The zero-order valence-electron chi connectivity index (χ0n) is 13.7. The molecule has 0 aliphatic rings. The van der Waals surface area contributed by atoms with E-state index in [1.165, 1.54) is 4.88 Å². The molecule has 2 N–H and O–H groups in total. The molecule has 0 spiro atoms. The lowest BCUT2D eigenvalue weighted by Gasteiger charge is -2.18. The number of aromatic nitrogens is 3. The molecule has 3 aromatic heterocycles. The van der Waals surface area contributed by atoms with Gasteiger partial charge in [0.05, 0.1) is 23.9 Å². The summed E-state index contributed by atoms with van der Waals surface area (Å²) < 4.78 is 0. The zero-order valence-corrected chi connectivity index (χ0v) is 14.6. The predicted octanol–water partition coefficient (Wildman–Crippen LogP) is 3.13. The Morgan fingerprint density at radius 3 is 2.79 bits per heavy atom. The number of carbonyl (C=O) groups excluding carboxylic acids is 1. The van der Waals surface area contributed by atoms with Crippen LogP contribution < -0.4 is 5.32 Å². The van der Waals surface area contributed by atoms with Crippen molar-refractivity contribution in [1.29, 1.82) is 0 Å². The van der Waals surface area contributed by atoms with E-state index in [0.717, 1.165) is 29.1 Å². The maximum atomic E-state index is 12.5. The molecule has 0 saturated carbocycles. The second-order valence-corrected chi connectivity index (χ2v) is 6.78. The Hall–Kier alpha value is -2.47. The average molecular weight is 340 g/mol. The van der Waals surface area contributed by atoms with Crippen LogP contribution in [0.3, 0.4) is 0 Å². The highest BCUT2D eigenvalue weighted by Crippen LogP contribution is 2.20. The summed E-state index contributed by atoms with van der Waals surface area (Å²) in [6, 6.07) is 9.75. The summed E-state index contributed by atoms with van der Waals surface area (Å²) in [6.45, 7) is 3.85. The van der Waals surface area contributed by atoms with Crippen molar-refractivity contribution in [2.24, 2.45) is 0 Å². The van der Waals surface area contributed by atoms with Crippen molar-refractivity contribution in [2.75, 3.05) is 0 Å². The zero-order chi connectivity index (χ0) is 16.9. The second kappa shape index (κ2) is 7.40. The van der Waals surface area contributed by atoms with Crippen LogP contribution in [0.1, 0.15) is 33.6 Å². The molecule has 1 atom stereocenters. The van der Waals surface area contributed by atoms with Crippen LogP contribution in [-0.4, -0.2) is 21.1 Å². The van der Waals surface area contributed by atoms with Crippen LogP contribution >= 0.6 is 11.3 Å². The highest BCUT2D eigenvalue weighted by atomic mass is 32.1. The van der Waals surface area contributed by atoms with Gasteiger partial charge >= 0.3 is 0 Å². The molecule has 5 nitrogen and oxygen atoms in total. The number of nitrogens with one attached hydrogen (secondary N) is 2. The molecule has 3 heterocycles. The fourth-order valence-corrected chi connectivity index (χ4v) is 3.43. The molecular formula is C18H20N4OS. The quantitative estimate of drug-likeness (QED) is 0.724. The number of aryl methyl sites for hydroxylation is 2. The van der Waals surface area contributed by atoms with Crippen LogP contribution in [0.25, 0.3) is 0 Å². The number of thiophene rings is 1. The van der Waals surface area contributed by atoms with Gasteiger partial charge in [-0.2, -0.15) is 5.10 Å². The van der Waals surface area contributed by atoms with E-state index in [0.29, 0.717) is 6.42 Å². The van der Waals surface area contributed by atoms with Crippen LogP contribution in [0, 0.1) is 13.8 Å². The third-order valence-corrected chi connectivity index (χ3v) is 4.88. The molecule has 0 saturated heterocycles. The summed E-state index contributed by atoms with van der Waals surface area (Å²) in [7, 11) is 0. The van der Waals surface area contributed by atoms with E-state index in [1.54, 1.807) is 17.5 Å². The number of hydrogen-bond acceptors (Lipinski definition) is 4. The van der Waals surface area contributed by atoms with Crippen LogP contribution in [-0.2, 0) is 17.6 Å². The molecular weight excluding hydrogens is 320 g/mol. The predicted molar refractivity (Wildman–Crippen MR) is 94.9 cm³/mol. The van der Waals surface area contributed by atoms with Gasteiger partial charge < -0.3 is 5.32 Å². The lowest BCUT2D eigenvalue weighted by atomic mass is 10.1. The standard InChI is InChI=1S/C18H20N4OS/c1-12-15(13(2)22-21-12)11-18(23)20-17(10-14-6-5-9-24-14)16-7-3-4-8-19-16/h3-9,17H,10-11H2,1-2H3,(H,20,23)(H,21,22)/t17-/m1/s1. The number of carbonyl (C=O) groups is 1. The minimum atomic E-state index is -0.134. The van der Waals surface area contributed by atoms with E-state index in [2.05, 4.69) is 26.6 Å². The SMILES string of the molecule is Cc1n[nH]c(C)c1CC(=O)N[C@H](Cc1cccs1)c1ccccn1. The molecule has 0 aromatic carbocycles. The van der Waals surface area contributed by atoms with Gasteiger partial charge in [-0.25, -0.2) is 0 Å². The third-order valence-electron chi connectivity index (χ3n) is 3.98. The summed E-state index contributed by atoms with van der Waals surface area (Å²) >= 11 is 1.69. The number of amides is 1. The molecule has 1 amide bonds. The van der Waals surface area contributed by atoms with Gasteiger partial charge in [-0.15, -0.1) is 11.3 Å². The molecule has 0 bridgehead atoms. The van der Waals surface area contributed by atoms with E-state index >= 15 is 0 Å². The largest absolute Gasteiger partial charge is 0.347 e. The van der Waals surface area contributed by atoms with Crippen molar-refractivity contribution in [3.8, 4) is 0 Å². The van der Waals surface area contributed by atoms with Crippen LogP contribution in [0.2, 0.25) is 0 Å². The molecule has 0 radical (unpaired) electrons. The van der Waals surface area contributed by atoms with Crippen molar-refractivity contribution >= 4 is 17.2 Å². The van der Waals surface area contributed by atoms with Crippen LogP contribution in [0.5, 0.6) is 0 Å². The minimum absolute atomic E-state index is 0.0187. The smallest absolute Gasteiger partial charge is 0.225 e. The molecule has 0 aliphatic carbocycles. The summed E-state index contributed by atoms with van der Waals surface area (Å²) in [6.07, 6.45) is 2.82. The number of rotatable bonds is 6. The molecule has 0 unspecified atom stereocenters. The van der Waals surface area contributed by atoms with Crippen molar-refractivity contribution in [3.05, 3.63) is 69.4 Å². The van der Waals surface area contributed by atoms with Crippen molar-refractivity contribution in [2.45, 2.75) is 32.7 Å². The van der Waals surface area contributed by atoms with Crippen molar-refractivity contribution < 1.29 is 4.79 Å². The van der Waals surface area contributed by atoms with E-state index in [9.17, 15) is 4.79 Å². The molecule has 0 fully saturated rings. The van der Waals surface area contributed by atoms with Gasteiger partial charge in [0, 0.05) is 28.8 Å². The number of pyridine rings is 1. The van der Waals surface area contributed by atoms with E-state index in [1.807, 2.05) is 43.5 Å². The Kier molecular flexibility index (Phi) is 5.05. The highest BCUT2D eigenvalue weighted by Gasteiger charge is 2.19.